The van der Waals surface area contributed by atoms with Gasteiger partial charge in [-0.2, -0.15) is 0 Å². The fourth-order valence-corrected chi connectivity index (χ4v) is 1.72. The van der Waals surface area contributed by atoms with Crippen LogP contribution >= 0.6 is 11.6 Å². The van der Waals surface area contributed by atoms with Crippen molar-refractivity contribution >= 4 is 33.5 Å². The molecule has 0 heterocycles. The smallest absolute Gasteiger partial charge is 0.408 e. The standard InChI is InChI=1S/C12H20ClNO6S/c1-12(2,3)20-11(16)14-8(7-10(15)19-4)6-9(13)21(5,17)18/h6,8H,7H2,1-5H3,(H,14,16)/b9-6+/t8-/m1/s1. The predicted octanol–water partition coefficient (Wildman–Crippen LogP) is 1.57. The minimum Gasteiger partial charge on any atom is -0.469 e. The van der Waals surface area contributed by atoms with E-state index in [4.69, 9.17) is 16.3 Å². The van der Waals surface area contributed by atoms with E-state index in [0.29, 0.717) is 0 Å². The number of esters is 1. The normalized spacial score (nSPS) is 14.3. The number of amides is 1. The van der Waals surface area contributed by atoms with Crippen LogP contribution in [0.2, 0.25) is 0 Å². The van der Waals surface area contributed by atoms with E-state index >= 15 is 0 Å². The highest BCUT2D eigenvalue weighted by Crippen LogP contribution is 2.13. The average molecular weight is 342 g/mol. The van der Waals surface area contributed by atoms with Gasteiger partial charge in [0.2, 0.25) is 0 Å². The molecule has 0 aromatic rings. The number of alkyl carbamates (subject to hydrolysis) is 1. The van der Waals surface area contributed by atoms with E-state index < -0.39 is 37.9 Å². The predicted molar refractivity (Wildman–Crippen MR) is 78.6 cm³/mol. The zero-order chi connectivity index (χ0) is 16.8. The number of hydrogen-bond donors (Lipinski definition) is 1. The fourth-order valence-electron chi connectivity index (χ4n) is 1.16. The van der Waals surface area contributed by atoms with Gasteiger partial charge in [0.25, 0.3) is 0 Å². The highest BCUT2D eigenvalue weighted by atomic mass is 35.5. The van der Waals surface area contributed by atoms with Crippen LogP contribution < -0.4 is 5.32 Å². The van der Waals surface area contributed by atoms with Crippen molar-refractivity contribution in [2.24, 2.45) is 0 Å². The summed E-state index contributed by atoms with van der Waals surface area (Å²) < 4.78 is 31.6. The molecule has 0 aliphatic carbocycles. The molecule has 0 fully saturated rings. The molecule has 0 saturated carbocycles. The first-order valence-electron chi connectivity index (χ1n) is 5.99. The average Bonchev–Trinajstić information content (AvgIpc) is 2.24. The van der Waals surface area contributed by atoms with Crippen molar-refractivity contribution in [1.29, 1.82) is 0 Å². The van der Waals surface area contributed by atoms with Crippen LogP contribution in [0, 0.1) is 0 Å². The maximum absolute atomic E-state index is 11.7. The van der Waals surface area contributed by atoms with Crippen molar-refractivity contribution in [3.8, 4) is 0 Å². The Labute approximate surface area is 129 Å². The van der Waals surface area contributed by atoms with Crippen molar-refractivity contribution < 1.29 is 27.5 Å². The lowest BCUT2D eigenvalue weighted by Gasteiger charge is -2.22. The van der Waals surface area contributed by atoms with E-state index in [1.807, 2.05) is 0 Å². The van der Waals surface area contributed by atoms with E-state index in [2.05, 4.69) is 10.1 Å². The molecule has 0 rings (SSSR count). The Morgan fingerprint density at radius 3 is 2.24 bits per heavy atom. The summed E-state index contributed by atoms with van der Waals surface area (Å²) in [5.41, 5.74) is -0.732. The minimum atomic E-state index is -3.63. The van der Waals surface area contributed by atoms with Gasteiger partial charge in [-0.1, -0.05) is 11.6 Å². The Bertz CT molecular complexity index is 520. The lowest BCUT2D eigenvalue weighted by molar-refractivity contribution is -0.140. The van der Waals surface area contributed by atoms with Crippen LogP contribution in [0.5, 0.6) is 0 Å². The maximum Gasteiger partial charge on any atom is 0.408 e. The molecule has 0 spiro atoms. The summed E-state index contributed by atoms with van der Waals surface area (Å²) in [5.74, 6) is -0.634. The molecule has 122 valence electrons. The number of rotatable bonds is 5. The summed E-state index contributed by atoms with van der Waals surface area (Å²) in [5, 5.41) is 2.35. The van der Waals surface area contributed by atoms with Gasteiger partial charge in [-0.15, -0.1) is 0 Å². The van der Waals surface area contributed by atoms with Crippen LogP contribution in [-0.2, 0) is 24.1 Å². The van der Waals surface area contributed by atoms with Gasteiger partial charge in [-0.25, -0.2) is 13.2 Å². The second-order valence-electron chi connectivity index (χ2n) is 5.28. The molecular formula is C12H20ClNO6S. The summed E-state index contributed by atoms with van der Waals surface area (Å²) in [6.45, 7) is 5.00. The fraction of sp³-hybridized carbons (Fsp3) is 0.667. The highest BCUT2D eigenvalue weighted by Gasteiger charge is 2.22. The van der Waals surface area contributed by atoms with E-state index in [1.54, 1.807) is 20.8 Å². The van der Waals surface area contributed by atoms with Gasteiger partial charge in [0, 0.05) is 6.26 Å². The van der Waals surface area contributed by atoms with Gasteiger partial charge in [0.15, 0.2) is 9.84 Å². The third kappa shape index (κ3) is 9.30. The molecule has 0 aliphatic rings. The van der Waals surface area contributed by atoms with Crippen molar-refractivity contribution in [2.75, 3.05) is 13.4 Å². The number of nitrogens with one attached hydrogen (secondary N) is 1. The Kier molecular flexibility index (Phi) is 7.18. The molecule has 0 bridgehead atoms. The molecule has 0 aromatic carbocycles. The topological polar surface area (TPSA) is 98.8 Å². The number of carbonyl (C=O) groups excluding carboxylic acids is 2. The number of ether oxygens (including phenoxy) is 2. The van der Waals surface area contributed by atoms with Gasteiger partial charge in [-0.05, 0) is 26.8 Å². The van der Waals surface area contributed by atoms with Crippen molar-refractivity contribution in [3.63, 3.8) is 0 Å². The summed E-state index contributed by atoms with van der Waals surface area (Å²) in [6.07, 6.45) is 0.888. The molecule has 0 aliphatic heterocycles. The van der Waals surface area contributed by atoms with E-state index in [9.17, 15) is 18.0 Å². The zero-order valence-electron chi connectivity index (χ0n) is 12.6. The molecule has 0 radical (unpaired) electrons. The van der Waals surface area contributed by atoms with Crippen LogP contribution in [0.1, 0.15) is 27.2 Å². The first-order valence-corrected chi connectivity index (χ1v) is 8.26. The van der Waals surface area contributed by atoms with Crippen LogP contribution in [0.15, 0.2) is 10.4 Å². The summed E-state index contributed by atoms with van der Waals surface area (Å²) in [6, 6.07) is -0.963. The van der Waals surface area contributed by atoms with Gasteiger partial charge in [0.05, 0.1) is 19.6 Å². The molecule has 1 atom stereocenters. The first kappa shape index (κ1) is 19.7. The molecular weight excluding hydrogens is 322 g/mol. The lowest BCUT2D eigenvalue weighted by Crippen LogP contribution is -2.39. The van der Waals surface area contributed by atoms with Gasteiger partial charge in [0.1, 0.15) is 9.97 Å². The Balaban J connectivity index is 5.08. The first-order chi connectivity index (χ1) is 9.35. The molecule has 0 unspecified atom stereocenters. The molecule has 7 nitrogen and oxygen atoms in total. The third-order valence-electron chi connectivity index (χ3n) is 2.00. The van der Waals surface area contributed by atoms with Gasteiger partial charge < -0.3 is 14.8 Å². The zero-order valence-corrected chi connectivity index (χ0v) is 14.2. The Morgan fingerprint density at radius 2 is 1.86 bits per heavy atom. The van der Waals surface area contributed by atoms with E-state index in [1.165, 1.54) is 7.11 Å². The van der Waals surface area contributed by atoms with Gasteiger partial charge in [-0.3, -0.25) is 4.79 Å². The number of hydrogen-bond acceptors (Lipinski definition) is 6. The molecule has 1 N–H and O–H groups in total. The molecule has 0 saturated heterocycles. The number of halogens is 1. The van der Waals surface area contributed by atoms with Crippen LogP contribution in [0.25, 0.3) is 0 Å². The second-order valence-corrected chi connectivity index (χ2v) is 7.89. The minimum absolute atomic E-state index is 0.276. The lowest BCUT2D eigenvalue weighted by atomic mass is 10.2. The van der Waals surface area contributed by atoms with Crippen LogP contribution in [-0.4, -0.2) is 45.5 Å². The second kappa shape index (κ2) is 7.65. The van der Waals surface area contributed by atoms with E-state index in [0.717, 1.165) is 12.3 Å². The Morgan fingerprint density at radius 1 is 1.33 bits per heavy atom. The van der Waals surface area contributed by atoms with Crippen molar-refractivity contribution in [2.45, 2.75) is 38.8 Å². The van der Waals surface area contributed by atoms with Crippen LogP contribution in [0.4, 0.5) is 4.79 Å². The van der Waals surface area contributed by atoms with E-state index in [-0.39, 0.29) is 6.42 Å². The summed E-state index contributed by atoms with van der Waals surface area (Å²) in [4.78, 5) is 22.9. The van der Waals surface area contributed by atoms with Crippen LogP contribution in [0.3, 0.4) is 0 Å². The largest absolute Gasteiger partial charge is 0.469 e. The molecule has 1 amide bonds. The number of carbonyl (C=O) groups is 2. The maximum atomic E-state index is 11.7. The highest BCUT2D eigenvalue weighted by molar-refractivity contribution is 7.96. The monoisotopic (exact) mass is 341 g/mol. The SMILES string of the molecule is COC(=O)C[C@@H](/C=C(\Cl)S(C)(=O)=O)NC(=O)OC(C)(C)C. The third-order valence-corrected chi connectivity index (χ3v) is 3.81. The summed E-state index contributed by atoms with van der Waals surface area (Å²) >= 11 is 5.62. The summed E-state index contributed by atoms with van der Waals surface area (Å²) in [7, 11) is -2.45. The molecule has 0 aromatic heterocycles. The van der Waals surface area contributed by atoms with Gasteiger partial charge >= 0.3 is 12.1 Å². The quantitative estimate of drug-likeness (QED) is 0.762. The molecule has 9 heteroatoms. The van der Waals surface area contributed by atoms with Crippen molar-refractivity contribution in [3.05, 3.63) is 10.4 Å². The number of sulfone groups is 1. The molecule has 21 heavy (non-hydrogen) atoms. The Hall–Kier alpha value is -1.28. The number of methoxy groups -OCH3 is 1. The van der Waals surface area contributed by atoms with Crippen molar-refractivity contribution in [1.82, 2.24) is 5.32 Å².